The van der Waals surface area contributed by atoms with E-state index in [1.807, 2.05) is 18.2 Å². The summed E-state index contributed by atoms with van der Waals surface area (Å²) in [5.74, 6) is 1.61. The molecule has 1 rings (SSSR count). The van der Waals surface area contributed by atoms with Crippen molar-refractivity contribution in [2.45, 2.75) is 39.0 Å². The quantitative estimate of drug-likeness (QED) is 0.499. The normalized spacial score (nSPS) is 10.8. The van der Waals surface area contributed by atoms with Gasteiger partial charge in [0.15, 0.2) is 5.78 Å². The van der Waals surface area contributed by atoms with Crippen LogP contribution in [0.15, 0.2) is 24.3 Å². The van der Waals surface area contributed by atoms with Gasteiger partial charge in [0, 0.05) is 18.1 Å². The van der Waals surface area contributed by atoms with E-state index < -0.39 is 0 Å². The number of ketones is 1. The highest BCUT2D eigenvalue weighted by Gasteiger charge is 2.03. The fourth-order valence-corrected chi connectivity index (χ4v) is 1.95. The third kappa shape index (κ3) is 5.47. The molecule has 0 N–H and O–H groups in total. The molecule has 0 bridgehead atoms. The number of allylic oxidation sites excluding steroid dienone is 1. The van der Waals surface area contributed by atoms with Crippen LogP contribution in [-0.2, 0) is 4.79 Å². The first-order chi connectivity index (χ1) is 9.71. The highest BCUT2D eigenvalue weighted by molar-refractivity contribution is 5.93. The average molecular weight is 276 g/mol. The minimum Gasteiger partial charge on any atom is -0.497 e. The molecule has 0 aliphatic carbocycles. The summed E-state index contributed by atoms with van der Waals surface area (Å²) >= 11 is 0. The Morgan fingerprint density at radius 2 is 1.95 bits per heavy atom. The predicted octanol–water partition coefficient (Wildman–Crippen LogP) is 4.26. The Balaban J connectivity index is 2.58. The Labute approximate surface area is 121 Å². The van der Waals surface area contributed by atoms with Crippen molar-refractivity contribution in [2.24, 2.45) is 0 Å². The molecule has 0 fully saturated rings. The Kier molecular flexibility index (Phi) is 7.48. The number of unbranched alkanes of at least 4 members (excludes halogenated alkanes) is 3. The van der Waals surface area contributed by atoms with E-state index in [1.165, 1.54) is 12.8 Å². The first-order valence-corrected chi connectivity index (χ1v) is 7.14. The molecular weight excluding hydrogens is 252 g/mol. The molecule has 0 saturated heterocycles. The van der Waals surface area contributed by atoms with E-state index in [2.05, 4.69) is 6.92 Å². The van der Waals surface area contributed by atoms with Crippen LogP contribution < -0.4 is 9.47 Å². The van der Waals surface area contributed by atoms with Crippen LogP contribution in [0.4, 0.5) is 0 Å². The number of carbonyl (C=O) groups is 1. The summed E-state index contributed by atoms with van der Waals surface area (Å²) in [7, 11) is 3.22. The monoisotopic (exact) mass is 276 g/mol. The molecule has 110 valence electrons. The number of methoxy groups -OCH3 is 2. The Hall–Kier alpha value is -1.77. The maximum atomic E-state index is 11.7. The van der Waals surface area contributed by atoms with Crippen LogP contribution in [0.2, 0.25) is 0 Å². The lowest BCUT2D eigenvalue weighted by Crippen LogP contribution is -1.93. The Morgan fingerprint density at radius 1 is 1.15 bits per heavy atom. The van der Waals surface area contributed by atoms with Gasteiger partial charge in [0.2, 0.25) is 0 Å². The minimum absolute atomic E-state index is 0.166. The van der Waals surface area contributed by atoms with Crippen molar-refractivity contribution in [3.8, 4) is 11.5 Å². The fourth-order valence-electron chi connectivity index (χ4n) is 1.95. The molecule has 1 aromatic rings. The third-order valence-electron chi connectivity index (χ3n) is 3.17. The van der Waals surface area contributed by atoms with Crippen molar-refractivity contribution in [3.05, 3.63) is 29.8 Å². The van der Waals surface area contributed by atoms with Crippen molar-refractivity contribution in [1.29, 1.82) is 0 Å². The number of ether oxygens (including phenoxy) is 2. The van der Waals surface area contributed by atoms with Crippen molar-refractivity contribution in [1.82, 2.24) is 0 Å². The van der Waals surface area contributed by atoms with Gasteiger partial charge in [-0.05, 0) is 30.7 Å². The molecule has 1 aromatic carbocycles. The first-order valence-electron chi connectivity index (χ1n) is 7.14. The van der Waals surface area contributed by atoms with E-state index in [1.54, 1.807) is 26.4 Å². The topological polar surface area (TPSA) is 35.5 Å². The second-order valence-electron chi connectivity index (χ2n) is 4.72. The van der Waals surface area contributed by atoms with Crippen LogP contribution in [0.5, 0.6) is 11.5 Å². The molecule has 0 heterocycles. The highest BCUT2D eigenvalue weighted by Crippen LogP contribution is 2.25. The largest absolute Gasteiger partial charge is 0.497 e. The summed E-state index contributed by atoms with van der Waals surface area (Å²) in [5.41, 5.74) is 0.884. The maximum Gasteiger partial charge on any atom is 0.155 e. The van der Waals surface area contributed by atoms with Gasteiger partial charge in [0.25, 0.3) is 0 Å². The molecule has 0 aliphatic rings. The SMILES string of the molecule is CCCCCCC(=O)/C=C\c1ccc(OC)cc1OC. The molecule has 20 heavy (non-hydrogen) atoms. The standard InChI is InChI=1S/C17H24O3/c1-4-5-6-7-8-15(18)11-9-14-10-12-16(19-2)13-17(14)20-3/h9-13H,4-8H2,1-3H3/b11-9-. The van der Waals surface area contributed by atoms with Crippen LogP contribution in [0, 0.1) is 0 Å². The molecule has 0 aromatic heterocycles. The minimum atomic E-state index is 0.166. The van der Waals surface area contributed by atoms with Gasteiger partial charge >= 0.3 is 0 Å². The predicted molar refractivity (Wildman–Crippen MR) is 82.3 cm³/mol. The molecule has 0 atom stereocenters. The molecular formula is C17H24O3. The number of carbonyl (C=O) groups excluding carboxylic acids is 1. The number of benzene rings is 1. The molecule has 3 heteroatoms. The zero-order valence-electron chi connectivity index (χ0n) is 12.6. The zero-order chi connectivity index (χ0) is 14.8. The summed E-state index contributed by atoms with van der Waals surface area (Å²) in [6.07, 6.45) is 8.54. The number of hydrogen-bond acceptors (Lipinski definition) is 3. The summed E-state index contributed by atoms with van der Waals surface area (Å²) in [6.45, 7) is 2.16. The smallest absolute Gasteiger partial charge is 0.155 e. The molecule has 0 saturated carbocycles. The molecule has 3 nitrogen and oxygen atoms in total. The van der Waals surface area contributed by atoms with Gasteiger partial charge in [0.05, 0.1) is 14.2 Å². The molecule has 0 aliphatic heterocycles. The van der Waals surface area contributed by atoms with Gasteiger partial charge < -0.3 is 9.47 Å². The van der Waals surface area contributed by atoms with Crippen molar-refractivity contribution >= 4 is 11.9 Å². The van der Waals surface area contributed by atoms with Crippen molar-refractivity contribution in [3.63, 3.8) is 0 Å². The second-order valence-corrected chi connectivity index (χ2v) is 4.72. The van der Waals surface area contributed by atoms with Gasteiger partial charge in [-0.25, -0.2) is 0 Å². The molecule has 0 unspecified atom stereocenters. The van der Waals surface area contributed by atoms with Gasteiger partial charge in [-0.15, -0.1) is 0 Å². The van der Waals surface area contributed by atoms with Crippen LogP contribution in [0.3, 0.4) is 0 Å². The summed E-state index contributed by atoms with van der Waals surface area (Å²) in [6, 6.07) is 5.55. The molecule has 0 amide bonds. The number of rotatable bonds is 9. The summed E-state index contributed by atoms with van der Waals surface area (Å²) < 4.78 is 10.4. The fraction of sp³-hybridized carbons (Fsp3) is 0.471. The lowest BCUT2D eigenvalue weighted by molar-refractivity contribution is -0.114. The van der Waals surface area contributed by atoms with E-state index in [0.717, 1.165) is 24.2 Å². The van der Waals surface area contributed by atoms with Crippen LogP contribution >= 0.6 is 0 Å². The maximum absolute atomic E-state index is 11.7. The van der Waals surface area contributed by atoms with Crippen LogP contribution in [0.25, 0.3) is 6.08 Å². The highest BCUT2D eigenvalue weighted by atomic mass is 16.5. The third-order valence-corrected chi connectivity index (χ3v) is 3.17. The lowest BCUT2D eigenvalue weighted by Gasteiger charge is -2.07. The summed E-state index contributed by atoms with van der Waals surface area (Å²) in [4.78, 5) is 11.7. The summed E-state index contributed by atoms with van der Waals surface area (Å²) in [5, 5.41) is 0. The van der Waals surface area contributed by atoms with Gasteiger partial charge in [0.1, 0.15) is 11.5 Å². The molecule has 0 radical (unpaired) electrons. The van der Waals surface area contributed by atoms with Gasteiger partial charge in [-0.3, -0.25) is 4.79 Å². The lowest BCUT2D eigenvalue weighted by atomic mass is 10.1. The van der Waals surface area contributed by atoms with Crippen LogP contribution in [0.1, 0.15) is 44.6 Å². The van der Waals surface area contributed by atoms with E-state index in [4.69, 9.17) is 9.47 Å². The van der Waals surface area contributed by atoms with E-state index in [9.17, 15) is 4.79 Å². The van der Waals surface area contributed by atoms with E-state index in [0.29, 0.717) is 12.2 Å². The van der Waals surface area contributed by atoms with E-state index in [-0.39, 0.29) is 5.78 Å². The zero-order valence-corrected chi connectivity index (χ0v) is 12.6. The van der Waals surface area contributed by atoms with Crippen LogP contribution in [-0.4, -0.2) is 20.0 Å². The van der Waals surface area contributed by atoms with Crippen molar-refractivity contribution in [2.75, 3.05) is 14.2 Å². The second kappa shape index (κ2) is 9.18. The average Bonchev–Trinajstić information content (AvgIpc) is 2.49. The Morgan fingerprint density at radius 3 is 2.60 bits per heavy atom. The van der Waals surface area contributed by atoms with Gasteiger partial charge in [-0.1, -0.05) is 26.2 Å². The van der Waals surface area contributed by atoms with Gasteiger partial charge in [-0.2, -0.15) is 0 Å². The van der Waals surface area contributed by atoms with Crippen molar-refractivity contribution < 1.29 is 14.3 Å². The Bertz CT molecular complexity index is 450. The molecule has 0 spiro atoms. The first kappa shape index (κ1) is 16.3. The van der Waals surface area contributed by atoms with E-state index >= 15 is 0 Å². The number of hydrogen-bond donors (Lipinski definition) is 0.